The maximum absolute atomic E-state index is 14.6. The molecule has 380 valence electrons. The second-order valence-electron chi connectivity index (χ2n) is 18.1. The van der Waals surface area contributed by atoms with Crippen LogP contribution in [-0.2, 0) is 24.5 Å². The van der Waals surface area contributed by atoms with Crippen molar-refractivity contribution in [2.24, 2.45) is 0 Å². The summed E-state index contributed by atoms with van der Waals surface area (Å²) in [5.74, 6) is 2.69. The van der Waals surface area contributed by atoms with Gasteiger partial charge in [0, 0.05) is 10.8 Å². The van der Waals surface area contributed by atoms with Gasteiger partial charge in [0.05, 0.1) is 0 Å². The van der Waals surface area contributed by atoms with E-state index in [1.54, 1.807) is 170 Å². The van der Waals surface area contributed by atoms with E-state index in [1.165, 1.54) is 0 Å². The van der Waals surface area contributed by atoms with Crippen molar-refractivity contribution >= 4 is 23.5 Å². The highest BCUT2D eigenvalue weighted by Gasteiger charge is 2.37. The molecule has 0 aliphatic heterocycles. The fourth-order valence-corrected chi connectivity index (χ4v) is 11.6. The summed E-state index contributed by atoms with van der Waals surface area (Å²) in [6.07, 6.45) is 0. The SMILES string of the molecule is CC(C)(c1ccc(OP(=O)(Oc2ccccc2)Oc2ccccc2)cc1)c1ccc(OP(=O)(Oc2ccccc2)Oc2ccc(C(C)(C)c3ccc(OP(=O)(Oc4ccccc4)Oc4ccccc4)cc3)cc2)cc1. The molecule has 9 rings (SSSR count). The molecule has 0 saturated heterocycles. The van der Waals surface area contributed by atoms with Crippen LogP contribution in [0.1, 0.15) is 49.9 Å². The van der Waals surface area contributed by atoms with Crippen LogP contribution in [0.3, 0.4) is 0 Å². The normalized spacial score (nSPS) is 11.9. The molecule has 0 spiro atoms. The number of hydrogen-bond acceptors (Lipinski definition) is 12. The summed E-state index contributed by atoms with van der Waals surface area (Å²) >= 11 is 0. The Morgan fingerprint density at radius 2 is 0.347 bits per heavy atom. The van der Waals surface area contributed by atoms with Crippen LogP contribution in [0.4, 0.5) is 0 Å². The molecule has 0 unspecified atom stereocenters. The van der Waals surface area contributed by atoms with Gasteiger partial charge in [-0.2, -0.15) is 13.7 Å². The first-order chi connectivity index (χ1) is 36.1. The van der Waals surface area contributed by atoms with Crippen LogP contribution in [0.2, 0.25) is 0 Å². The lowest BCUT2D eigenvalue weighted by molar-refractivity contribution is 0.296. The van der Waals surface area contributed by atoms with Crippen molar-refractivity contribution < 1.29 is 54.4 Å². The van der Waals surface area contributed by atoms with E-state index in [4.69, 9.17) is 40.7 Å². The number of rotatable bonds is 22. The maximum atomic E-state index is 14.6. The van der Waals surface area contributed by atoms with Crippen molar-refractivity contribution in [3.63, 3.8) is 0 Å². The summed E-state index contributed by atoms with van der Waals surface area (Å²) in [4.78, 5) is 0. The minimum absolute atomic E-state index is 0.255. The molecule has 75 heavy (non-hydrogen) atoms. The van der Waals surface area contributed by atoms with Gasteiger partial charge in [-0.3, -0.25) is 0 Å². The molecule has 0 aromatic heterocycles. The molecule has 9 aromatic carbocycles. The second kappa shape index (κ2) is 22.6. The van der Waals surface area contributed by atoms with E-state index < -0.39 is 34.3 Å². The van der Waals surface area contributed by atoms with Crippen LogP contribution in [0.5, 0.6) is 51.7 Å². The van der Waals surface area contributed by atoms with Crippen molar-refractivity contribution in [1.82, 2.24) is 0 Å². The summed E-state index contributed by atoms with van der Waals surface area (Å²) in [6, 6.07) is 72.3. The molecule has 0 atom stereocenters. The molecule has 0 heterocycles. The van der Waals surface area contributed by atoms with Crippen LogP contribution in [0.25, 0.3) is 0 Å². The van der Waals surface area contributed by atoms with Gasteiger partial charge in [0.2, 0.25) is 0 Å². The molecule has 12 nitrogen and oxygen atoms in total. The lowest BCUT2D eigenvalue weighted by atomic mass is 9.78. The Labute approximate surface area is 437 Å². The highest BCUT2D eigenvalue weighted by atomic mass is 31.2. The van der Waals surface area contributed by atoms with Crippen LogP contribution < -0.4 is 40.7 Å². The fraction of sp³-hybridized carbons (Fsp3) is 0.100. The average molecular weight is 1060 g/mol. The highest BCUT2D eigenvalue weighted by molar-refractivity contribution is 7.50. The van der Waals surface area contributed by atoms with E-state index in [2.05, 4.69) is 27.7 Å². The summed E-state index contributed by atoms with van der Waals surface area (Å²) in [7, 11) is -12.7. The monoisotopic (exact) mass is 1060 g/mol. The molecule has 0 aliphatic carbocycles. The first-order valence-electron chi connectivity index (χ1n) is 23.9. The predicted octanol–water partition coefficient (Wildman–Crippen LogP) is 17.3. The Kier molecular flexibility index (Phi) is 15.6. The zero-order valence-electron chi connectivity index (χ0n) is 41.4. The Morgan fingerprint density at radius 3 is 0.493 bits per heavy atom. The number of hydrogen-bond donors (Lipinski definition) is 0. The largest absolute Gasteiger partial charge is 0.647 e. The molecule has 0 aliphatic rings. The van der Waals surface area contributed by atoms with E-state index in [-0.39, 0.29) is 23.0 Å². The number of phosphoric ester groups is 3. The lowest BCUT2D eigenvalue weighted by Crippen LogP contribution is -2.19. The quantitative estimate of drug-likeness (QED) is 0.0598. The summed E-state index contributed by atoms with van der Waals surface area (Å²) < 4.78 is 96.0. The van der Waals surface area contributed by atoms with E-state index in [0.717, 1.165) is 22.3 Å². The average Bonchev–Trinajstić information content (AvgIpc) is 3.40. The van der Waals surface area contributed by atoms with Gasteiger partial charge in [-0.15, -0.1) is 0 Å². The fourth-order valence-electron chi connectivity index (χ4n) is 7.80. The number of para-hydroxylation sites is 5. The smallest absolute Gasteiger partial charge is 0.386 e. The second-order valence-corrected chi connectivity index (χ2v) is 22.4. The molecular formula is C60H53O12P3. The van der Waals surface area contributed by atoms with Crippen LogP contribution in [0, 0.1) is 0 Å². The third-order valence-corrected chi connectivity index (χ3v) is 15.9. The van der Waals surface area contributed by atoms with E-state index in [0.29, 0.717) is 28.7 Å². The number of benzene rings is 9. The summed E-state index contributed by atoms with van der Waals surface area (Å²) in [5, 5.41) is 0. The van der Waals surface area contributed by atoms with Crippen molar-refractivity contribution in [2.75, 3.05) is 0 Å². The highest BCUT2D eigenvalue weighted by Crippen LogP contribution is 2.53. The first-order valence-corrected chi connectivity index (χ1v) is 28.2. The first kappa shape index (κ1) is 51.8. The molecule has 0 amide bonds. The van der Waals surface area contributed by atoms with Gasteiger partial charge in [0.15, 0.2) is 0 Å². The van der Waals surface area contributed by atoms with Gasteiger partial charge in [0.25, 0.3) is 0 Å². The van der Waals surface area contributed by atoms with Gasteiger partial charge >= 0.3 is 23.5 Å². The summed E-state index contributed by atoms with van der Waals surface area (Å²) in [6.45, 7) is 8.25. The molecule has 9 aromatic rings. The minimum atomic E-state index is -4.36. The molecule has 0 fully saturated rings. The van der Waals surface area contributed by atoms with Crippen molar-refractivity contribution in [3.8, 4) is 51.7 Å². The van der Waals surface area contributed by atoms with E-state index >= 15 is 0 Å². The third-order valence-electron chi connectivity index (χ3n) is 12.0. The molecule has 0 bridgehead atoms. The number of phosphoric acid groups is 3. The Hall–Kier alpha value is -8.13. The Balaban J connectivity index is 0.875. The van der Waals surface area contributed by atoms with Crippen molar-refractivity contribution in [3.05, 3.63) is 271 Å². The zero-order chi connectivity index (χ0) is 52.4. The van der Waals surface area contributed by atoms with Gasteiger partial charge in [-0.1, -0.05) is 167 Å². The Morgan fingerprint density at radius 1 is 0.213 bits per heavy atom. The van der Waals surface area contributed by atoms with Crippen LogP contribution in [-0.4, -0.2) is 0 Å². The molecule has 0 radical (unpaired) electrons. The topological polar surface area (TPSA) is 134 Å². The van der Waals surface area contributed by atoms with Gasteiger partial charge in [-0.25, -0.2) is 0 Å². The standard InChI is InChI=1S/C60H53O12P3/c1-59(2,46-30-38-55(39-31-46)69-73(61,64-50-20-10-5-11-21-50)65-51-22-12-6-13-23-51)48-34-42-57(43-35-48)71-75(63,68-54-28-18-9-19-29-54)72-58-44-36-49(37-45-58)60(3,4)47-32-40-56(41-33-47)70-74(62,66-52-24-14-7-15-25-52)67-53-26-16-8-17-27-53/h5-45H,1-4H3. The van der Waals surface area contributed by atoms with E-state index in [9.17, 15) is 13.7 Å². The summed E-state index contributed by atoms with van der Waals surface area (Å²) in [5.41, 5.74) is 2.62. The van der Waals surface area contributed by atoms with Crippen LogP contribution >= 0.6 is 23.5 Å². The Bertz CT molecular complexity index is 3100. The molecule has 15 heteroatoms. The minimum Gasteiger partial charge on any atom is -0.386 e. The van der Waals surface area contributed by atoms with Crippen molar-refractivity contribution in [2.45, 2.75) is 38.5 Å². The van der Waals surface area contributed by atoms with E-state index in [1.807, 2.05) is 78.9 Å². The molecule has 0 N–H and O–H groups in total. The van der Waals surface area contributed by atoms with Crippen molar-refractivity contribution in [1.29, 1.82) is 0 Å². The van der Waals surface area contributed by atoms with Gasteiger partial charge in [-0.05, 0) is 131 Å². The van der Waals surface area contributed by atoms with Gasteiger partial charge in [0.1, 0.15) is 51.7 Å². The molecular weight excluding hydrogens is 1010 g/mol. The molecule has 0 saturated carbocycles. The maximum Gasteiger partial charge on any atom is 0.647 e. The lowest BCUT2D eigenvalue weighted by Gasteiger charge is -2.27. The van der Waals surface area contributed by atoms with Gasteiger partial charge < -0.3 is 40.7 Å². The zero-order valence-corrected chi connectivity index (χ0v) is 44.1. The third kappa shape index (κ3) is 13.5. The predicted molar refractivity (Wildman–Crippen MR) is 291 cm³/mol. The van der Waals surface area contributed by atoms with Crippen LogP contribution in [0.15, 0.2) is 249 Å².